The van der Waals surface area contributed by atoms with Gasteiger partial charge in [0.05, 0.1) is 31.0 Å². The Bertz CT molecular complexity index is 1110. The Morgan fingerprint density at radius 2 is 1.93 bits per heavy atom. The molecule has 1 amide bonds. The fraction of sp³-hybridized carbons (Fsp3) is 0.304. The Hall–Kier alpha value is -3.04. The van der Waals surface area contributed by atoms with E-state index in [9.17, 15) is 4.79 Å². The molecule has 0 N–H and O–H groups in total. The molecule has 2 aromatic carbocycles. The fourth-order valence-electron chi connectivity index (χ4n) is 3.19. The number of methoxy groups -OCH3 is 2. The second-order valence-corrected chi connectivity index (χ2v) is 7.54. The molecular formula is C23H24N2O3S. The summed E-state index contributed by atoms with van der Waals surface area (Å²) in [5.74, 6) is 3.07. The zero-order chi connectivity index (χ0) is 20.8. The average molecular weight is 409 g/mol. The first-order valence-electron chi connectivity index (χ1n) is 9.48. The van der Waals surface area contributed by atoms with Crippen LogP contribution in [0, 0.1) is 12.3 Å². The lowest BCUT2D eigenvalue weighted by Gasteiger charge is -2.09. The highest BCUT2D eigenvalue weighted by atomic mass is 32.1. The normalized spacial score (nSPS) is 11.4. The van der Waals surface area contributed by atoms with E-state index in [1.807, 2.05) is 4.57 Å². The number of benzene rings is 2. The Morgan fingerprint density at radius 3 is 2.55 bits per heavy atom. The summed E-state index contributed by atoms with van der Waals surface area (Å²) in [5, 5.41) is 0. The van der Waals surface area contributed by atoms with Gasteiger partial charge < -0.3 is 14.0 Å². The monoisotopic (exact) mass is 408 g/mol. The number of carbonyl (C=O) groups is 1. The number of terminal acetylenes is 1. The minimum Gasteiger partial charge on any atom is -0.496 e. The van der Waals surface area contributed by atoms with E-state index in [-0.39, 0.29) is 0 Å². The van der Waals surface area contributed by atoms with Crippen molar-refractivity contribution in [3.8, 4) is 23.8 Å². The Balaban J connectivity index is 2.13. The van der Waals surface area contributed by atoms with E-state index in [2.05, 4.69) is 36.0 Å². The van der Waals surface area contributed by atoms with Crippen molar-refractivity contribution in [2.75, 3.05) is 14.2 Å². The van der Waals surface area contributed by atoms with Crippen LogP contribution in [0.4, 0.5) is 0 Å². The molecule has 0 saturated heterocycles. The molecule has 0 aliphatic heterocycles. The quantitative estimate of drug-likeness (QED) is 0.543. The summed E-state index contributed by atoms with van der Waals surface area (Å²) < 4.78 is 13.6. The topological polar surface area (TPSA) is 52.8 Å². The SMILES string of the molecule is C#CCn1c(=NC(=O)c2c(OC)cccc2OC)sc2cc(CCCC)ccc21. The number of amides is 1. The Labute approximate surface area is 174 Å². The van der Waals surface area contributed by atoms with Crippen LogP contribution in [0.15, 0.2) is 41.4 Å². The van der Waals surface area contributed by atoms with Crippen LogP contribution in [0.25, 0.3) is 10.2 Å². The van der Waals surface area contributed by atoms with Crippen LogP contribution in [-0.2, 0) is 13.0 Å². The highest BCUT2D eigenvalue weighted by molar-refractivity contribution is 7.16. The third-order valence-electron chi connectivity index (χ3n) is 4.65. The Morgan fingerprint density at radius 1 is 1.21 bits per heavy atom. The van der Waals surface area contributed by atoms with E-state index in [0.717, 1.165) is 29.5 Å². The molecule has 29 heavy (non-hydrogen) atoms. The molecule has 0 unspecified atom stereocenters. The molecule has 3 rings (SSSR count). The number of thiazole rings is 1. The van der Waals surface area contributed by atoms with Crippen LogP contribution < -0.4 is 14.3 Å². The zero-order valence-electron chi connectivity index (χ0n) is 16.9. The van der Waals surface area contributed by atoms with Crippen LogP contribution in [0.1, 0.15) is 35.7 Å². The van der Waals surface area contributed by atoms with Gasteiger partial charge in [-0.2, -0.15) is 4.99 Å². The number of carbonyl (C=O) groups excluding carboxylic acids is 1. The number of aryl methyl sites for hydroxylation is 1. The molecule has 1 heterocycles. The summed E-state index contributed by atoms with van der Waals surface area (Å²) >= 11 is 1.46. The second kappa shape index (κ2) is 9.44. The van der Waals surface area contributed by atoms with Crippen molar-refractivity contribution in [1.29, 1.82) is 0 Å². The molecule has 0 aliphatic rings. The van der Waals surface area contributed by atoms with E-state index >= 15 is 0 Å². The standard InChI is InChI=1S/C23H24N2O3S/c1-5-7-9-16-12-13-17-20(15-16)29-23(25(17)14-6-2)24-22(26)21-18(27-3)10-8-11-19(21)28-4/h2,8,10-13,15H,5,7,9,14H2,1,3-4H3. The largest absolute Gasteiger partial charge is 0.496 e. The van der Waals surface area contributed by atoms with Gasteiger partial charge in [0.1, 0.15) is 17.1 Å². The van der Waals surface area contributed by atoms with E-state index < -0.39 is 5.91 Å². The molecule has 0 spiro atoms. The van der Waals surface area contributed by atoms with Gasteiger partial charge in [0.15, 0.2) is 4.80 Å². The number of rotatable bonds is 7. The first kappa shape index (κ1) is 20.7. The van der Waals surface area contributed by atoms with Gasteiger partial charge in [0.2, 0.25) is 0 Å². The molecule has 150 valence electrons. The molecule has 0 bridgehead atoms. The van der Waals surface area contributed by atoms with Gasteiger partial charge in [0, 0.05) is 0 Å². The molecular weight excluding hydrogens is 384 g/mol. The highest BCUT2D eigenvalue weighted by Crippen LogP contribution is 2.29. The lowest BCUT2D eigenvalue weighted by molar-refractivity contribution is 0.0992. The van der Waals surface area contributed by atoms with Crippen LogP contribution in [0.3, 0.4) is 0 Å². The van der Waals surface area contributed by atoms with Crippen LogP contribution in [0.2, 0.25) is 0 Å². The van der Waals surface area contributed by atoms with Gasteiger partial charge in [-0.3, -0.25) is 4.79 Å². The summed E-state index contributed by atoms with van der Waals surface area (Å²) in [7, 11) is 3.03. The minimum absolute atomic E-state index is 0.297. The average Bonchev–Trinajstić information content (AvgIpc) is 3.07. The first-order valence-corrected chi connectivity index (χ1v) is 10.3. The summed E-state index contributed by atoms with van der Waals surface area (Å²) in [5.41, 5.74) is 2.55. The predicted molar refractivity (Wildman–Crippen MR) is 117 cm³/mol. The molecule has 0 aliphatic carbocycles. The van der Waals surface area contributed by atoms with E-state index in [4.69, 9.17) is 15.9 Å². The summed E-state index contributed by atoms with van der Waals surface area (Å²) in [6, 6.07) is 11.5. The van der Waals surface area contributed by atoms with Crippen molar-refractivity contribution < 1.29 is 14.3 Å². The number of aromatic nitrogens is 1. The highest BCUT2D eigenvalue weighted by Gasteiger charge is 2.18. The number of fused-ring (bicyclic) bond motifs is 1. The van der Waals surface area contributed by atoms with Gasteiger partial charge in [-0.1, -0.05) is 42.7 Å². The maximum absolute atomic E-state index is 13.0. The van der Waals surface area contributed by atoms with Gasteiger partial charge in [-0.05, 0) is 42.7 Å². The molecule has 0 atom stereocenters. The number of nitrogens with zero attached hydrogens (tertiary/aromatic N) is 2. The fourth-order valence-corrected chi connectivity index (χ4v) is 4.28. The lowest BCUT2D eigenvalue weighted by Crippen LogP contribution is -2.17. The van der Waals surface area contributed by atoms with E-state index in [1.54, 1.807) is 18.2 Å². The second-order valence-electron chi connectivity index (χ2n) is 6.54. The van der Waals surface area contributed by atoms with Gasteiger partial charge in [-0.25, -0.2) is 0 Å². The third kappa shape index (κ3) is 4.36. The predicted octanol–water partition coefficient (Wildman–Crippen LogP) is 4.44. The lowest BCUT2D eigenvalue weighted by atomic mass is 10.1. The van der Waals surface area contributed by atoms with Gasteiger partial charge >= 0.3 is 0 Å². The summed E-state index contributed by atoms with van der Waals surface area (Å²) in [6.07, 6.45) is 8.90. The zero-order valence-corrected chi connectivity index (χ0v) is 17.7. The smallest absolute Gasteiger partial charge is 0.287 e. The molecule has 0 radical (unpaired) electrons. The van der Waals surface area contributed by atoms with Crippen LogP contribution >= 0.6 is 11.3 Å². The molecule has 0 saturated carbocycles. The Kier molecular flexibility index (Phi) is 6.73. The van der Waals surface area contributed by atoms with E-state index in [1.165, 1.54) is 31.1 Å². The van der Waals surface area contributed by atoms with Crippen molar-refractivity contribution in [2.24, 2.45) is 4.99 Å². The van der Waals surface area contributed by atoms with Crippen molar-refractivity contribution in [2.45, 2.75) is 32.7 Å². The van der Waals surface area contributed by atoms with Crippen molar-refractivity contribution in [3.05, 3.63) is 52.3 Å². The van der Waals surface area contributed by atoms with Crippen molar-refractivity contribution in [1.82, 2.24) is 4.57 Å². The van der Waals surface area contributed by atoms with E-state index in [0.29, 0.717) is 28.4 Å². The maximum Gasteiger partial charge on any atom is 0.287 e. The van der Waals surface area contributed by atoms with Crippen LogP contribution in [0.5, 0.6) is 11.5 Å². The molecule has 1 aromatic heterocycles. The summed E-state index contributed by atoms with van der Waals surface area (Å²) in [4.78, 5) is 18.0. The maximum atomic E-state index is 13.0. The first-order chi connectivity index (χ1) is 14.1. The number of ether oxygens (including phenoxy) is 2. The third-order valence-corrected chi connectivity index (χ3v) is 5.70. The molecule has 5 nitrogen and oxygen atoms in total. The number of hydrogen-bond donors (Lipinski definition) is 0. The molecule has 3 aromatic rings. The van der Waals surface area contributed by atoms with Crippen molar-refractivity contribution >= 4 is 27.5 Å². The molecule has 6 heteroatoms. The number of unbranched alkanes of at least 4 members (excludes halogenated alkanes) is 1. The van der Waals surface area contributed by atoms with Gasteiger partial charge in [-0.15, -0.1) is 6.42 Å². The van der Waals surface area contributed by atoms with Crippen LogP contribution in [-0.4, -0.2) is 24.7 Å². The van der Waals surface area contributed by atoms with Gasteiger partial charge in [0.25, 0.3) is 5.91 Å². The minimum atomic E-state index is -0.428. The molecule has 0 fully saturated rings. The summed E-state index contributed by atoms with van der Waals surface area (Å²) in [6.45, 7) is 2.52. The number of hydrogen-bond acceptors (Lipinski definition) is 4. The van der Waals surface area contributed by atoms with Crippen molar-refractivity contribution in [3.63, 3.8) is 0 Å².